The van der Waals surface area contributed by atoms with E-state index in [2.05, 4.69) is 29.0 Å². The Morgan fingerprint density at radius 1 is 1.05 bits per heavy atom. The standard InChI is InChI=1S/C30H36F2N4O2.CH4/c1-18-5-4-6-19(2)36(18)20(3)30(38)35-27(17-22-8-11-25(31)26(32)16-22)28(37)12-9-21-7-10-24-23(15-21)13-14-34-29(24)33;/h7-8,10-11,13-16,18-20,27H,4-6,9,12,17H2,1-3H3,(H2,33,34)(H,35,38);1H4/t18-,19+,20-,27-;/m0./s1. The van der Waals surface area contributed by atoms with Gasteiger partial charge >= 0.3 is 0 Å². The number of halogens is 2. The van der Waals surface area contributed by atoms with E-state index in [4.69, 9.17) is 5.73 Å². The molecule has 1 fully saturated rings. The van der Waals surface area contributed by atoms with Crippen LogP contribution >= 0.6 is 0 Å². The van der Waals surface area contributed by atoms with E-state index in [9.17, 15) is 18.4 Å². The number of benzene rings is 2. The maximum atomic E-state index is 13.9. The molecule has 2 aromatic carbocycles. The lowest BCUT2D eigenvalue weighted by atomic mass is 9.94. The highest BCUT2D eigenvalue weighted by Crippen LogP contribution is 2.25. The van der Waals surface area contributed by atoms with Crippen molar-refractivity contribution in [2.45, 2.75) is 90.9 Å². The van der Waals surface area contributed by atoms with Crippen LogP contribution in [0.15, 0.2) is 48.7 Å². The number of Topliss-reactive ketones (excluding diaryl/α,β-unsaturated/α-hetero) is 1. The van der Waals surface area contributed by atoms with E-state index in [1.54, 1.807) is 6.20 Å². The normalized spacial score (nSPS) is 19.2. The number of nitrogen functional groups attached to an aromatic ring is 1. The highest BCUT2D eigenvalue weighted by Gasteiger charge is 2.34. The topological polar surface area (TPSA) is 88.3 Å². The summed E-state index contributed by atoms with van der Waals surface area (Å²) >= 11 is 0. The zero-order valence-corrected chi connectivity index (χ0v) is 22.2. The molecule has 0 radical (unpaired) electrons. The first kappa shape index (κ1) is 30.2. The number of likely N-dealkylation sites (tertiary alicyclic amines) is 1. The quantitative estimate of drug-likeness (QED) is 0.370. The maximum Gasteiger partial charge on any atom is 0.237 e. The summed E-state index contributed by atoms with van der Waals surface area (Å²) < 4.78 is 27.4. The number of hydrogen-bond acceptors (Lipinski definition) is 5. The first-order chi connectivity index (χ1) is 18.1. The van der Waals surface area contributed by atoms with Crippen molar-refractivity contribution < 1.29 is 18.4 Å². The molecule has 1 aliphatic heterocycles. The minimum absolute atomic E-state index is 0. The Bertz CT molecular complexity index is 1300. The van der Waals surface area contributed by atoms with Gasteiger partial charge in [-0.05, 0) is 81.2 Å². The number of nitrogens with one attached hydrogen (secondary N) is 1. The molecule has 3 N–H and O–H groups in total. The van der Waals surface area contributed by atoms with E-state index >= 15 is 0 Å². The number of carbonyl (C=O) groups is 2. The number of anilines is 1. The molecule has 0 aliphatic carbocycles. The molecule has 4 atom stereocenters. The fraction of sp³-hybridized carbons (Fsp3) is 0.452. The Hall–Kier alpha value is -3.39. The van der Waals surface area contributed by atoms with Crippen molar-refractivity contribution in [3.05, 3.63) is 71.4 Å². The molecule has 0 unspecified atom stereocenters. The molecule has 3 aromatic rings. The lowest BCUT2D eigenvalue weighted by molar-refractivity contribution is -0.132. The van der Waals surface area contributed by atoms with E-state index in [1.165, 1.54) is 6.07 Å². The van der Waals surface area contributed by atoms with Gasteiger partial charge in [-0.15, -0.1) is 0 Å². The summed E-state index contributed by atoms with van der Waals surface area (Å²) in [7, 11) is 0. The molecule has 6 nitrogen and oxygen atoms in total. The van der Waals surface area contributed by atoms with E-state index in [0.717, 1.165) is 47.7 Å². The molecule has 4 rings (SSSR count). The Balaban J connectivity index is 0.00000420. The summed E-state index contributed by atoms with van der Waals surface area (Å²) in [5.74, 6) is -1.88. The summed E-state index contributed by atoms with van der Waals surface area (Å²) in [6.07, 6.45) is 5.55. The second kappa shape index (κ2) is 13.1. The number of aryl methyl sites for hydroxylation is 1. The molecule has 1 amide bonds. The third kappa shape index (κ3) is 7.18. The summed E-state index contributed by atoms with van der Waals surface area (Å²) in [5, 5.41) is 4.73. The van der Waals surface area contributed by atoms with Crippen molar-refractivity contribution >= 4 is 28.3 Å². The Morgan fingerprint density at radius 2 is 1.74 bits per heavy atom. The average Bonchev–Trinajstić information content (AvgIpc) is 2.88. The number of amides is 1. The first-order valence-electron chi connectivity index (χ1n) is 13.3. The minimum Gasteiger partial charge on any atom is -0.383 e. The Kier molecular flexibility index (Phi) is 10.1. The summed E-state index contributed by atoms with van der Waals surface area (Å²) in [4.78, 5) is 33.1. The predicted octanol–water partition coefficient (Wildman–Crippen LogP) is 5.61. The van der Waals surface area contributed by atoms with Crippen LogP contribution in [0.4, 0.5) is 14.6 Å². The molecule has 0 bridgehead atoms. The summed E-state index contributed by atoms with van der Waals surface area (Å²) in [6, 6.07) is 10.5. The highest BCUT2D eigenvalue weighted by atomic mass is 19.2. The lowest BCUT2D eigenvalue weighted by Gasteiger charge is -2.42. The van der Waals surface area contributed by atoms with Crippen molar-refractivity contribution in [2.24, 2.45) is 0 Å². The van der Waals surface area contributed by atoms with Gasteiger partial charge in [-0.3, -0.25) is 14.5 Å². The van der Waals surface area contributed by atoms with Gasteiger partial charge in [0.25, 0.3) is 0 Å². The van der Waals surface area contributed by atoms with Crippen LogP contribution in [0.25, 0.3) is 10.8 Å². The number of pyridine rings is 1. The monoisotopic (exact) mass is 538 g/mol. The molecule has 0 spiro atoms. The minimum atomic E-state index is -0.978. The fourth-order valence-corrected chi connectivity index (χ4v) is 5.63. The summed E-state index contributed by atoms with van der Waals surface area (Å²) in [5.41, 5.74) is 7.35. The van der Waals surface area contributed by atoms with Crippen LogP contribution in [0, 0.1) is 11.6 Å². The third-order valence-electron chi connectivity index (χ3n) is 7.74. The van der Waals surface area contributed by atoms with E-state index in [0.29, 0.717) is 17.8 Å². The number of nitrogens with two attached hydrogens (primary N) is 1. The maximum absolute atomic E-state index is 13.9. The Labute approximate surface area is 230 Å². The van der Waals surface area contributed by atoms with E-state index in [1.807, 2.05) is 31.2 Å². The number of hydrogen-bond donors (Lipinski definition) is 2. The van der Waals surface area contributed by atoms with Crippen molar-refractivity contribution in [2.75, 3.05) is 5.73 Å². The van der Waals surface area contributed by atoms with Gasteiger partial charge < -0.3 is 11.1 Å². The number of carbonyl (C=O) groups excluding carboxylic acids is 2. The molecular formula is C31H40F2N4O2. The van der Waals surface area contributed by atoms with Gasteiger partial charge in [-0.2, -0.15) is 0 Å². The van der Waals surface area contributed by atoms with Gasteiger partial charge in [0.05, 0.1) is 12.1 Å². The van der Waals surface area contributed by atoms with Gasteiger partial charge in [0, 0.05) is 30.1 Å². The van der Waals surface area contributed by atoms with Crippen molar-refractivity contribution in [3.63, 3.8) is 0 Å². The molecule has 2 heterocycles. The van der Waals surface area contributed by atoms with E-state index in [-0.39, 0.29) is 44.0 Å². The molecule has 1 saturated heterocycles. The number of ketones is 1. The molecule has 0 saturated carbocycles. The smallest absolute Gasteiger partial charge is 0.237 e. The molecular weight excluding hydrogens is 498 g/mol. The highest BCUT2D eigenvalue weighted by molar-refractivity contribution is 5.92. The van der Waals surface area contributed by atoms with Crippen LogP contribution in [0.5, 0.6) is 0 Å². The van der Waals surface area contributed by atoms with Gasteiger partial charge in [0.15, 0.2) is 17.4 Å². The zero-order valence-electron chi connectivity index (χ0n) is 22.2. The molecule has 1 aromatic heterocycles. The number of fused-ring (bicyclic) bond motifs is 1. The second-order valence-electron chi connectivity index (χ2n) is 10.5. The SMILES string of the molecule is C.C[C@@H]1CCC[C@H](C)N1[C@@H](C)C(=O)N[C@@H](Cc1ccc(F)c(F)c1)C(=O)CCc1ccc2c(N)nccc2c1. The van der Waals surface area contributed by atoms with Crippen LogP contribution in [0.2, 0.25) is 0 Å². The molecule has 39 heavy (non-hydrogen) atoms. The largest absolute Gasteiger partial charge is 0.383 e. The van der Waals surface area contributed by atoms with Crippen LogP contribution < -0.4 is 11.1 Å². The second-order valence-corrected chi connectivity index (χ2v) is 10.5. The van der Waals surface area contributed by atoms with Crippen molar-refractivity contribution in [1.29, 1.82) is 0 Å². The number of nitrogens with zero attached hydrogens (tertiary/aromatic N) is 2. The van der Waals surface area contributed by atoms with Gasteiger partial charge in [-0.25, -0.2) is 13.8 Å². The van der Waals surface area contributed by atoms with Crippen LogP contribution in [-0.4, -0.2) is 45.7 Å². The van der Waals surface area contributed by atoms with Crippen molar-refractivity contribution in [1.82, 2.24) is 15.2 Å². The number of aromatic nitrogens is 1. The number of rotatable bonds is 9. The lowest BCUT2D eigenvalue weighted by Crippen LogP contribution is -2.56. The third-order valence-corrected chi connectivity index (χ3v) is 7.74. The zero-order chi connectivity index (χ0) is 27.4. The van der Waals surface area contributed by atoms with Gasteiger partial charge in [-0.1, -0.05) is 38.1 Å². The van der Waals surface area contributed by atoms with Crippen LogP contribution in [0.1, 0.15) is 65.0 Å². The fourth-order valence-electron chi connectivity index (χ4n) is 5.63. The predicted molar refractivity (Wildman–Crippen MR) is 152 cm³/mol. The Morgan fingerprint density at radius 3 is 2.44 bits per heavy atom. The van der Waals surface area contributed by atoms with E-state index < -0.39 is 23.7 Å². The average molecular weight is 539 g/mol. The molecule has 1 aliphatic rings. The first-order valence-corrected chi connectivity index (χ1v) is 13.3. The summed E-state index contributed by atoms with van der Waals surface area (Å²) in [6.45, 7) is 6.11. The van der Waals surface area contributed by atoms with Crippen molar-refractivity contribution in [3.8, 4) is 0 Å². The molecule has 8 heteroatoms. The van der Waals surface area contributed by atoms with Gasteiger partial charge in [0.2, 0.25) is 5.91 Å². The van der Waals surface area contributed by atoms with Crippen LogP contribution in [-0.2, 0) is 22.4 Å². The number of piperidine rings is 1. The van der Waals surface area contributed by atoms with Crippen LogP contribution in [0.3, 0.4) is 0 Å². The molecule has 210 valence electrons. The van der Waals surface area contributed by atoms with Gasteiger partial charge in [0.1, 0.15) is 5.82 Å².